The number of hydrogen-bond donors (Lipinski definition) is 2. The van der Waals surface area contributed by atoms with E-state index in [9.17, 15) is 18.0 Å². The summed E-state index contributed by atoms with van der Waals surface area (Å²) >= 11 is 0. The fraction of sp³-hybridized carbons (Fsp3) is 0.647. The Morgan fingerprint density at radius 3 is 2.93 bits per heavy atom. The van der Waals surface area contributed by atoms with Crippen molar-refractivity contribution in [3.63, 3.8) is 0 Å². The van der Waals surface area contributed by atoms with Crippen molar-refractivity contribution in [2.45, 2.75) is 24.5 Å². The van der Waals surface area contributed by atoms with Gasteiger partial charge in [0.1, 0.15) is 5.69 Å². The van der Waals surface area contributed by atoms with Crippen molar-refractivity contribution in [3.8, 4) is 0 Å². The first-order valence-electron chi connectivity index (χ1n) is 9.05. The van der Waals surface area contributed by atoms with Crippen LogP contribution in [0.2, 0.25) is 0 Å². The molecule has 1 spiro atoms. The molecule has 9 nitrogen and oxygen atoms in total. The minimum absolute atomic E-state index is 0.0219. The first-order valence-corrected chi connectivity index (χ1v) is 10.5. The summed E-state index contributed by atoms with van der Waals surface area (Å²) in [4.78, 5) is 28.6. The molecule has 0 aliphatic carbocycles. The van der Waals surface area contributed by atoms with Crippen LogP contribution >= 0.6 is 0 Å². The van der Waals surface area contributed by atoms with Crippen LogP contribution in [0.4, 0.5) is 0 Å². The van der Waals surface area contributed by atoms with Crippen molar-refractivity contribution in [2.75, 3.05) is 33.7 Å². The molecule has 3 aliphatic rings. The van der Waals surface area contributed by atoms with E-state index in [0.29, 0.717) is 19.6 Å². The zero-order valence-electron chi connectivity index (χ0n) is 15.3. The Balaban J connectivity index is 1.50. The molecule has 3 fully saturated rings. The number of nitrogens with one attached hydrogen (secondary N) is 2. The van der Waals surface area contributed by atoms with Crippen LogP contribution in [-0.4, -0.2) is 73.9 Å². The first-order chi connectivity index (χ1) is 12.7. The van der Waals surface area contributed by atoms with Crippen LogP contribution < -0.4 is 10.3 Å². The number of aromatic amines is 1. The van der Waals surface area contributed by atoms with Gasteiger partial charge in [0.05, 0.1) is 18.2 Å². The lowest BCUT2D eigenvalue weighted by atomic mass is 9.74. The quantitative estimate of drug-likeness (QED) is 0.690. The number of carbonyl (C=O) groups is 1. The highest BCUT2D eigenvalue weighted by Gasteiger charge is 2.63. The normalized spacial score (nSPS) is 32.3. The van der Waals surface area contributed by atoms with E-state index < -0.39 is 15.8 Å². The number of rotatable bonds is 5. The zero-order chi connectivity index (χ0) is 19.4. The number of H-pyrrole nitrogens is 1. The van der Waals surface area contributed by atoms with Crippen LogP contribution in [-0.2, 0) is 14.9 Å². The Kier molecular flexibility index (Phi) is 4.41. The largest absolute Gasteiger partial charge is 0.369 e. The molecule has 0 aromatic carbocycles. The van der Waals surface area contributed by atoms with E-state index >= 15 is 0 Å². The van der Waals surface area contributed by atoms with E-state index in [0.717, 1.165) is 17.1 Å². The van der Waals surface area contributed by atoms with E-state index in [1.165, 1.54) is 20.2 Å². The maximum Gasteiger partial charge on any atom is 0.278 e. The Bertz CT molecular complexity index is 914. The highest BCUT2D eigenvalue weighted by Crippen LogP contribution is 2.54. The first kappa shape index (κ1) is 18.6. The topological polar surface area (TPSA) is 112 Å². The molecule has 27 heavy (non-hydrogen) atoms. The van der Waals surface area contributed by atoms with Gasteiger partial charge >= 0.3 is 0 Å². The fourth-order valence-corrected chi connectivity index (χ4v) is 5.35. The summed E-state index contributed by atoms with van der Waals surface area (Å²) in [6.07, 6.45) is 1.76. The molecule has 0 saturated carbocycles. The monoisotopic (exact) mass is 396 g/mol. The minimum atomic E-state index is -3.50. The molecule has 2 bridgehead atoms. The third kappa shape index (κ3) is 3.10. The van der Waals surface area contributed by atoms with Gasteiger partial charge in [-0.05, 0) is 18.9 Å². The van der Waals surface area contributed by atoms with Gasteiger partial charge in [0, 0.05) is 45.1 Å². The smallest absolute Gasteiger partial charge is 0.278 e. The lowest BCUT2D eigenvalue weighted by Gasteiger charge is -2.29. The summed E-state index contributed by atoms with van der Waals surface area (Å²) in [6, 6.07) is 4.52. The van der Waals surface area contributed by atoms with Crippen molar-refractivity contribution in [1.29, 1.82) is 0 Å². The molecule has 4 rings (SSSR count). The van der Waals surface area contributed by atoms with Crippen molar-refractivity contribution in [1.82, 2.24) is 18.9 Å². The van der Waals surface area contributed by atoms with E-state index in [-0.39, 0.29) is 35.1 Å². The van der Waals surface area contributed by atoms with Gasteiger partial charge in [-0.1, -0.05) is 6.07 Å². The Hall–Kier alpha value is -1.75. The number of hydrogen-bond acceptors (Lipinski definition) is 5. The Labute approximate surface area is 157 Å². The molecule has 2 N–H and O–H groups in total. The molecular weight excluding hydrogens is 372 g/mol. The molecule has 0 unspecified atom stereocenters. The standard InChI is InChI=1S/C17H24N4O5S/c1-20(2)27(24,25)18-8-11-12-9-21(10-17(12)7-6-14(11)26-17)16(23)13-4-3-5-15(22)19-13/h3-5,11-12,14,18H,6-10H2,1-2H3,(H,19,22)/t11-,12+,14+,17+/m0/s1. The van der Waals surface area contributed by atoms with Gasteiger partial charge in [-0.2, -0.15) is 12.7 Å². The summed E-state index contributed by atoms with van der Waals surface area (Å²) < 4.78 is 34.1. The predicted octanol–water partition coefficient (Wildman–Crippen LogP) is -0.609. The van der Waals surface area contributed by atoms with Crippen molar-refractivity contribution < 1.29 is 17.9 Å². The molecule has 1 amide bonds. The second-order valence-electron chi connectivity index (χ2n) is 7.78. The molecule has 0 radical (unpaired) electrons. The number of ether oxygens (including phenoxy) is 1. The van der Waals surface area contributed by atoms with E-state index in [4.69, 9.17) is 4.74 Å². The number of carbonyl (C=O) groups excluding carboxylic acids is 1. The average Bonchev–Trinajstić information content (AvgIpc) is 3.27. The van der Waals surface area contributed by atoms with Gasteiger partial charge in [0.15, 0.2) is 0 Å². The van der Waals surface area contributed by atoms with Crippen molar-refractivity contribution in [2.24, 2.45) is 11.8 Å². The molecule has 1 aromatic heterocycles. The second kappa shape index (κ2) is 6.40. The molecule has 4 atom stereocenters. The summed E-state index contributed by atoms with van der Waals surface area (Å²) in [5.74, 6) is -0.113. The Morgan fingerprint density at radius 1 is 1.44 bits per heavy atom. The summed E-state index contributed by atoms with van der Waals surface area (Å²) in [5.41, 5.74) is -0.450. The predicted molar refractivity (Wildman–Crippen MR) is 97.4 cm³/mol. The SMILES string of the molecule is CN(C)S(=O)(=O)NC[C@H]1[C@H]2CN(C(=O)c3cccc(=O)[nH]3)C[C@]23CC[C@H]1O3. The zero-order valence-corrected chi connectivity index (χ0v) is 16.2. The molecule has 1 aromatic rings. The molecule has 148 valence electrons. The molecular formula is C17H24N4O5S. The van der Waals surface area contributed by atoms with Crippen LogP contribution in [0.3, 0.4) is 0 Å². The highest BCUT2D eigenvalue weighted by atomic mass is 32.2. The van der Waals surface area contributed by atoms with Crippen LogP contribution in [0.1, 0.15) is 23.3 Å². The maximum atomic E-state index is 12.8. The number of nitrogens with zero attached hydrogens (tertiary/aromatic N) is 2. The number of fused-ring (bicyclic) bond motifs is 1. The van der Waals surface area contributed by atoms with Crippen LogP contribution in [0.15, 0.2) is 23.0 Å². The third-order valence-corrected chi connectivity index (χ3v) is 7.54. The molecule has 10 heteroatoms. The average molecular weight is 396 g/mol. The van der Waals surface area contributed by atoms with Gasteiger partial charge in [0.25, 0.3) is 16.1 Å². The minimum Gasteiger partial charge on any atom is -0.369 e. The number of pyridine rings is 1. The highest BCUT2D eigenvalue weighted by molar-refractivity contribution is 7.87. The lowest BCUT2D eigenvalue weighted by Crippen LogP contribution is -2.44. The summed E-state index contributed by atoms with van der Waals surface area (Å²) in [7, 11) is -0.536. The van der Waals surface area contributed by atoms with Gasteiger partial charge in [-0.25, -0.2) is 4.72 Å². The Morgan fingerprint density at radius 2 is 2.22 bits per heavy atom. The van der Waals surface area contributed by atoms with Crippen LogP contribution in [0.5, 0.6) is 0 Å². The van der Waals surface area contributed by atoms with Gasteiger partial charge in [0.2, 0.25) is 5.56 Å². The lowest BCUT2D eigenvalue weighted by molar-refractivity contribution is 0.00318. The van der Waals surface area contributed by atoms with Gasteiger partial charge in [-0.3, -0.25) is 9.59 Å². The third-order valence-electron chi connectivity index (χ3n) is 6.05. The van der Waals surface area contributed by atoms with Crippen molar-refractivity contribution >= 4 is 16.1 Å². The molecule has 3 aliphatic heterocycles. The maximum absolute atomic E-state index is 12.8. The van der Waals surface area contributed by atoms with E-state index in [2.05, 4.69) is 9.71 Å². The number of amides is 1. The molecule has 4 heterocycles. The summed E-state index contributed by atoms with van der Waals surface area (Å²) in [5, 5.41) is 0. The number of aromatic nitrogens is 1. The van der Waals surface area contributed by atoms with E-state index in [1.54, 1.807) is 17.0 Å². The van der Waals surface area contributed by atoms with Gasteiger partial charge < -0.3 is 14.6 Å². The fourth-order valence-electron chi connectivity index (χ4n) is 4.69. The summed E-state index contributed by atoms with van der Waals surface area (Å²) in [6.45, 7) is 1.27. The van der Waals surface area contributed by atoms with Crippen LogP contribution in [0, 0.1) is 11.8 Å². The molecule has 3 saturated heterocycles. The van der Waals surface area contributed by atoms with Gasteiger partial charge in [-0.15, -0.1) is 0 Å². The van der Waals surface area contributed by atoms with E-state index in [1.807, 2.05) is 0 Å². The number of likely N-dealkylation sites (tertiary alicyclic amines) is 1. The van der Waals surface area contributed by atoms with Crippen molar-refractivity contribution in [3.05, 3.63) is 34.2 Å². The second-order valence-corrected chi connectivity index (χ2v) is 9.75. The van der Waals surface area contributed by atoms with Crippen LogP contribution in [0.25, 0.3) is 0 Å².